The highest BCUT2D eigenvalue weighted by Crippen LogP contribution is 2.22. The molecule has 0 aromatic heterocycles. The molecule has 2 aromatic rings. The molecule has 0 bridgehead atoms. The van der Waals surface area contributed by atoms with Gasteiger partial charge in [-0.15, -0.1) is 0 Å². The van der Waals surface area contributed by atoms with Gasteiger partial charge in [0.15, 0.2) is 0 Å². The van der Waals surface area contributed by atoms with Crippen LogP contribution in [0, 0.1) is 12.7 Å². The summed E-state index contributed by atoms with van der Waals surface area (Å²) >= 11 is 6.67. The van der Waals surface area contributed by atoms with Crippen molar-refractivity contribution in [2.45, 2.75) is 13.5 Å². The zero-order valence-corrected chi connectivity index (χ0v) is 13.0. The molecule has 0 aliphatic carbocycles. The molecule has 0 saturated heterocycles. The number of hydrogen-bond acceptors (Lipinski definition) is 1. The van der Waals surface area contributed by atoms with E-state index in [4.69, 9.17) is 0 Å². The second kappa shape index (κ2) is 5.85. The van der Waals surface area contributed by atoms with Gasteiger partial charge in [-0.1, -0.05) is 44.0 Å². The lowest BCUT2D eigenvalue weighted by molar-refractivity contribution is 0.612. The molecule has 1 nitrogen and oxygen atoms in total. The summed E-state index contributed by atoms with van der Waals surface area (Å²) in [4.78, 5) is 0. The van der Waals surface area contributed by atoms with E-state index in [0.29, 0.717) is 12.1 Å². The number of rotatable bonds is 3. The zero-order valence-electron chi connectivity index (χ0n) is 9.81. The number of nitrogens with one attached hydrogen (secondary N) is 1. The van der Waals surface area contributed by atoms with Crippen molar-refractivity contribution in [1.82, 2.24) is 0 Å². The van der Waals surface area contributed by atoms with E-state index in [0.717, 1.165) is 20.2 Å². The first kappa shape index (κ1) is 13.6. The van der Waals surface area contributed by atoms with Crippen molar-refractivity contribution < 1.29 is 4.39 Å². The molecule has 2 rings (SSSR count). The van der Waals surface area contributed by atoms with Gasteiger partial charge in [-0.3, -0.25) is 0 Å². The van der Waals surface area contributed by atoms with Crippen molar-refractivity contribution in [2.75, 3.05) is 5.32 Å². The van der Waals surface area contributed by atoms with Crippen LogP contribution in [0.2, 0.25) is 0 Å². The molecule has 0 unspecified atom stereocenters. The molecular formula is C14H12Br2FN. The van der Waals surface area contributed by atoms with Crippen LogP contribution in [0.25, 0.3) is 0 Å². The molecule has 0 saturated carbocycles. The summed E-state index contributed by atoms with van der Waals surface area (Å²) in [7, 11) is 0. The molecule has 1 N–H and O–H groups in total. The zero-order chi connectivity index (χ0) is 13.1. The summed E-state index contributed by atoms with van der Waals surface area (Å²) in [6.45, 7) is 2.49. The first-order valence-electron chi connectivity index (χ1n) is 5.50. The van der Waals surface area contributed by atoms with Gasteiger partial charge in [0.2, 0.25) is 0 Å². The fourth-order valence-electron chi connectivity index (χ4n) is 1.64. The summed E-state index contributed by atoms with van der Waals surface area (Å²) in [6.07, 6.45) is 0. The quantitative estimate of drug-likeness (QED) is 0.773. The minimum Gasteiger partial charge on any atom is -0.381 e. The molecule has 18 heavy (non-hydrogen) atoms. The van der Waals surface area contributed by atoms with Crippen LogP contribution in [0.15, 0.2) is 45.3 Å². The van der Waals surface area contributed by atoms with Crippen LogP contribution in [0.3, 0.4) is 0 Å². The van der Waals surface area contributed by atoms with Crippen molar-refractivity contribution in [3.63, 3.8) is 0 Å². The Labute approximate surface area is 123 Å². The monoisotopic (exact) mass is 371 g/mol. The maximum Gasteiger partial charge on any atom is 0.129 e. The summed E-state index contributed by atoms with van der Waals surface area (Å²) in [5, 5.41) is 3.25. The molecule has 4 heteroatoms. The Morgan fingerprint density at radius 1 is 1.06 bits per heavy atom. The van der Waals surface area contributed by atoms with Crippen molar-refractivity contribution in [1.29, 1.82) is 0 Å². The third kappa shape index (κ3) is 3.33. The van der Waals surface area contributed by atoms with E-state index in [1.54, 1.807) is 6.07 Å². The highest BCUT2D eigenvalue weighted by molar-refractivity contribution is 9.10. The van der Waals surface area contributed by atoms with Gasteiger partial charge >= 0.3 is 0 Å². The Kier molecular flexibility index (Phi) is 4.40. The highest BCUT2D eigenvalue weighted by atomic mass is 79.9. The average molecular weight is 373 g/mol. The number of aryl methyl sites for hydroxylation is 1. The summed E-state index contributed by atoms with van der Waals surface area (Å²) in [5.41, 5.74) is 2.79. The van der Waals surface area contributed by atoms with Crippen LogP contribution in [-0.4, -0.2) is 0 Å². The molecule has 0 aliphatic heterocycles. The first-order chi connectivity index (χ1) is 8.56. The minimum atomic E-state index is -0.204. The van der Waals surface area contributed by atoms with E-state index in [1.165, 1.54) is 6.07 Å². The normalized spacial score (nSPS) is 10.4. The van der Waals surface area contributed by atoms with E-state index < -0.39 is 0 Å². The van der Waals surface area contributed by atoms with Gasteiger partial charge in [-0.05, 0) is 36.8 Å². The van der Waals surface area contributed by atoms with E-state index in [-0.39, 0.29) is 5.82 Å². The maximum absolute atomic E-state index is 13.7. The van der Waals surface area contributed by atoms with E-state index in [1.807, 2.05) is 31.2 Å². The molecule has 0 aliphatic rings. The summed E-state index contributed by atoms with van der Waals surface area (Å²) < 4.78 is 15.4. The molecule has 0 amide bonds. The third-order valence-corrected chi connectivity index (χ3v) is 3.67. The number of hydrogen-bond donors (Lipinski definition) is 1. The smallest absolute Gasteiger partial charge is 0.129 e. The number of anilines is 1. The lowest BCUT2D eigenvalue weighted by Crippen LogP contribution is -2.03. The molecule has 0 spiro atoms. The molecule has 0 atom stereocenters. The van der Waals surface area contributed by atoms with Crippen LogP contribution in [0.5, 0.6) is 0 Å². The van der Waals surface area contributed by atoms with Crippen molar-refractivity contribution >= 4 is 37.5 Å². The van der Waals surface area contributed by atoms with Crippen molar-refractivity contribution in [3.8, 4) is 0 Å². The fourth-order valence-corrected chi connectivity index (χ4v) is 2.33. The van der Waals surface area contributed by atoms with Crippen LogP contribution < -0.4 is 5.32 Å². The van der Waals surface area contributed by atoms with Crippen molar-refractivity contribution in [2.24, 2.45) is 0 Å². The second-order valence-electron chi connectivity index (χ2n) is 4.05. The second-order valence-corrected chi connectivity index (χ2v) is 5.88. The molecule has 94 valence electrons. The van der Waals surface area contributed by atoms with Gasteiger partial charge in [-0.2, -0.15) is 0 Å². The number of benzene rings is 2. The fraction of sp³-hybridized carbons (Fsp3) is 0.143. The minimum absolute atomic E-state index is 0.204. The lowest BCUT2D eigenvalue weighted by Gasteiger charge is -2.11. The molecule has 0 heterocycles. The van der Waals surface area contributed by atoms with E-state index >= 15 is 0 Å². The summed E-state index contributed by atoms with van der Waals surface area (Å²) in [6, 6.07) is 11.1. The largest absolute Gasteiger partial charge is 0.381 e. The van der Waals surface area contributed by atoms with Gasteiger partial charge in [0, 0.05) is 26.7 Å². The molecule has 0 fully saturated rings. The standard InChI is InChI=1S/C14H12Br2FN/c1-9-2-4-12(16)7-14(9)18-8-10-3-5-11(15)6-13(10)17/h2-7,18H,8H2,1H3. The Balaban J connectivity index is 2.13. The first-order valence-corrected chi connectivity index (χ1v) is 7.09. The van der Waals surface area contributed by atoms with Gasteiger partial charge in [0.1, 0.15) is 5.82 Å². The van der Waals surface area contributed by atoms with Crippen LogP contribution in [0.4, 0.5) is 10.1 Å². The molecule has 2 aromatic carbocycles. The van der Waals surface area contributed by atoms with Crippen LogP contribution >= 0.6 is 31.9 Å². The van der Waals surface area contributed by atoms with Crippen LogP contribution in [0.1, 0.15) is 11.1 Å². The predicted molar refractivity (Wildman–Crippen MR) is 80.3 cm³/mol. The Bertz CT molecular complexity index is 570. The van der Waals surface area contributed by atoms with Gasteiger partial charge < -0.3 is 5.32 Å². The van der Waals surface area contributed by atoms with Crippen molar-refractivity contribution in [3.05, 3.63) is 62.3 Å². The number of halogens is 3. The SMILES string of the molecule is Cc1ccc(Br)cc1NCc1ccc(Br)cc1F. The molecule has 0 radical (unpaired) electrons. The maximum atomic E-state index is 13.7. The van der Waals surface area contributed by atoms with Gasteiger partial charge in [-0.25, -0.2) is 4.39 Å². The Morgan fingerprint density at radius 2 is 1.72 bits per heavy atom. The Morgan fingerprint density at radius 3 is 2.44 bits per heavy atom. The van der Waals surface area contributed by atoms with Gasteiger partial charge in [0.05, 0.1) is 0 Å². The van der Waals surface area contributed by atoms with E-state index in [9.17, 15) is 4.39 Å². The van der Waals surface area contributed by atoms with E-state index in [2.05, 4.69) is 37.2 Å². The summed E-state index contributed by atoms with van der Waals surface area (Å²) in [5.74, 6) is -0.204. The highest BCUT2D eigenvalue weighted by Gasteiger charge is 2.04. The lowest BCUT2D eigenvalue weighted by atomic mass is 10.1. The topological polar surface area (TPSA) is 12.0 Å². The van der Waals surface area contributed by atoms with Gasteiger partial charge in [0.25, 0.3) is 0 Å². The van der Waals surface area contributed by atoms with Crippen LogP contribution in [-0.2, 0) is 6.54 Å². The third-order valence-electron chi connectivity index (χ3n) is 2.68. The predicted octanol–water partition coefficient (Wildman–Crippen LogP) is 5.27. The Hall–Kier alpha value is -0.870. The molecular weight excluding hydrogens is 361 g/mol. The average Bonchev–Trinajstić information content (AvgIpc) is 2.32.